The van der Waals surface area contributed by atoms with E-state index >= 15 is 0 Å². The van der Waals surface area contributed by atoms with Crippen LogP contribution in [0.4, 0.5) is 13.2 Å². The fraction of sp³-hybridized carbons (Fsp3) is 0.458. The van der Waals surface area contributed by atoms with Crippen molar-refractivity contribution in [3.05, 3.63) is 65.2 Å². The first-order chi connectivity index (χ1) is 15.6. The van der Waals surface area contributed by atoms with Crippen molar-refractivity contribution < 1.29 is 26.4 Å². The average molecular weight is 481 g/mol. The van der Waals surface area contributed by atoms with Crippen LogP contribution in [0, 0.1) is 5.92 Å². The van der Waals surface area contributed by atoms with Gasteiger partial charge in [0.25, 0.3) is 0 Å². The highest BCUT2D eigenvalue weighted by molar-refractivity contribution is 7.89. The quantitative estimate of drug-likeness (QED) is 0.686. The molecule has 5 nitrogen and oxygen atoms in total. The van der Waals surface area contributed by atoms with E-state index in [-0.39, 0.29) is 24.8 Å². The van der Waals surface area contributed by atoms with Crippen LogP contribution in [0.2, 0.25) is 0 Å². The maximum Gasteiger partial charge on any atom is 0.416 e. The van der Waals surface area contributed by atoms with Crippen LogP contribution in [0.3, 0.4) is 0 Å². The number of benzene rings is 2. The van der Waals surface area contributed by atoms with Gasteiger partial charge >= 0.3 is 6.18 Å². The smallest absolute Gasteiger partial charge is 0.370 e. The highest BCUT2D eigenvalue weighted by atomic mass is 32.2. The normalized spacial score (nSPS) is 24.3. The summed E-state index contributed by atoms with van der Waals surface area (Å²) < 4.78 is 67.3. The first-order valence-corrected chi connectivity index (χ1v) is 12.6. The van der Waals surface area contributed by atoms with E-state index in [1.807, 2.05) is 12.1 Å². The number of primary amides is 1. The lowest BCUT2D eigenvalue weighted by molar-refractivity contribution is -0.137. The third-order valence-electron chi connectivity index (χ3n) is 6.89. The highest BCUT2D eigenvalue weighted by Gasteiger charge is 2.41. The molecule has 0 radical (unpaired) electrons. The molecule has 178 valence electrons. The van der Waals surface area contributed by atoms with Gasteiger partial charge in [0.2, 0.25) is 15.9 Å². The summed E-state index contributed by atoms with van der Waals surface area (Å²) in [5.41, 5.74) is 7.00. The minimum atomic E-state index is -4.65. The van der Waals surface area contributed by atoms with Crippen LogP contribution in [-0.4, -0.2) is 31.2 Å². The lowest BCUT2D eigenvalue weighted by atomic mass is 9.71. The summed E-state index contributed by atoms with van der Waals surface area (Å²) in [5, 5.41) is 0. The number of rotatable bonds is 5. The second kappa shape index (κ2) is 9.10. The topological polar surface area (TPSA) is 80.5 Å². The highest BCUT2D eigenvalue weighted by Crippen LogP contribution is 2.44. The van der Waals surface area contributed by atoms with E-state index in [4.69, 9.17) is 5.73 Å². The molecular weight excluding hydrogens is 453 g/mol. The zero-order valence-electron chi connectivity index (χ0n) is 18.1. The number of carbonyl (C=O) groups is 1. The fourth-order valence-corrected chi connectivity index (χ4v) is 7.11. The number of amides is 1. The van der Waals surface area contributed by atoms with Crippen molar-refractivity contribution in [1.29, 1.82) is 0 Å². The monoisotopic (exact) mass is 480 g/mol. The van der Waals surface area contributed by atoms with Crippen LogP contribution in [0.5, 0.6) is 0 Å². The van der Waals surface area contributed by atoms with Gasteiger partial charge in [-0.05, 0) is 73.3 Å². The van der Waals surface area contributed by atoms with E-state index in [1.54, 1.807) is 0 Å². The zero-order chi connectivity index (χ0) is 23.8. The van der Waals surface area contributed by atoms with Crippen LogP contribution in [0.15, 0.2) is 53.4 Å². The molecule has 0 bridgehead atoms. The minimum Gasteiger partial charge on any atom is -0.370 e. The summed E-state index contributed by atoms with van der Waals surface area (Å²) in [6, 6.07) is 11.3. The van der Waals surface area contributed by atoms with Crippen LogP contribution in [0.25, 0.3) is 0 Å². The number of hydrogen-bond donors (Lipinski definition) is 1. The number of fused-ring (bicyclic) bond motifs is 1. The summed E-state index contributed by atoms with van der Waals surface area (Å²) in [4.78, 5) is 11.4. The summed E-state index contributed by atoms with van der Waals surface area (Å²) in [6.45, 7) is 0.139. The molecule has 33 heavy (non-hydrogen) atoms. The molecule has 1 aliphatic carbocycles. The van der Waals surface area contributed by atoms with Gasteiger partial charge in [0, 0.05) is 19.0 Å². The molecule has 2 N–H and O–H groups in total. The van der Waals surface area contributed by atoms with E-state index < -0.39 is 38.6 Å². The lowest BCUT2D eigenvalue weighted by Crippen LogP contribution is -2.48. The summed E-state index contributed by atoms with van der Waals surface area (Å²) >= 11 is 0. The van der Waals surface area contributed by atoms with Crippen molar-refractivity contribution in [3.8, 4) is 0 Å². The number of hydrogen-bond acceptors (Lipinski definition) is 3. The van der Waals surface area contributed by atoms with Crippen molar-refractivity contribution >= 4 is 15.9 Å². The van der Waals surface area contributed by atoms with Gasteiger partial charge in [0.05, 0.1) is 10.5 Å². The van der Waals surface area contributed by atoms with E-state index in [1.165, 1.54) is 15.4 Å². The molecule has 1 fully saturated rings. The van der Waals surface area contributed by atoms with Crippen molar-refractivity contribution in [2.45, 2.75) is 61.6 Å². The van der Waals surface area contributed by atoms with Gasteiger partial charge in [-0.25, -0.2) is 8.42 Å². The molecule has 1 heterocycles. The maximum absolute atomic E-state index is 13.3. The third kappa shape index (κ3) is 4.94. The summed E-state index contributed by atoms with van der Waals surface area (Å²) in [6.07, 6.45) is -0.744. The van der Waals surface area contributed by atoms with Crippen molar-refractivity contribution in [2.24, 2.45) is 11.7 Å². The Morgan fingerprint density at radius 3 is 2.58 bits per heavy atom. The number of sulfonamides is 1. The Balaban J connectivity index is 1.62. The van der Waals surface area contributed by atoms with Crippen LogP contribution >= 0.6 is 0 Å². The Morgan fingerprint density at radius 1 is 1.09 bits per heavy atom. The minimum absolute atomic E-state index is 0.139. The van der Waals surface area contributed by atoms with Crippen LogP contribution in [0.1, 0.15) is 54.7 Å². The number of carbonyl (C=O) groups excluding carboxylic acids is 1. The SMILES string of the molecule is NC(=O)C[C@@H]1CC(C2CCCc3ccccc32)CCN1S(=O)(=O)c1cccc(C(F)(F)F)c1. The molecule has 2 aliphatic rings. The van der Waals surface area contributed by atoms with Gasteiger partial charge in [0.1, 0.15) is 0 Å². The Morgan fingerprint density at radius 2 is 1.85 bits per heavy atom. The number of piperidine rings is 1. The predicted molar refractivity (Wildman–Crippen MR) is 118 cm³/mol. The molecule has 9 heteroatoms. The Labute approximate surface area is 191 Å². The second-order valence-electron chi connectivity index (χ2n) is 8.95. The van der Waals surface area contributed by atoms with E-state index in [0.717, 1.165) is 37.5 Å². The van der Waals surface area contributed by atoms with E-state index in [2.05, 4.69) is 12.1 Å². The number of aryl methyl sites for hydroxylation is 1. The largest absolute Gasteiger partial charge is 0.416 e. The van der Waals surface area contributed by atoms with Gasteiger partial charge in [-0.15, -0.1) is 0 Å². The molecule has 1 aliphatic heterocycles. The number of halogens is 3. The fourth-order valence-electron chi connectivity index (χ4n) is 5.41. The first kappa shape index (κ1) is 23.8. The number of alkyl halides is 3. The first-order valence-electron chi connectivity index (χ1n) is 11.1. The van der Waals surface area contributed by atoms with Gasteiger partial charge in [-0.2, -0.15) is 17.5 Å². The predicted octanol–water partition coefficient (Wildman–Crippen LogP) is 4.47. The Hall–Kier alpha value is -2.39. The van der Waals surface area contributed by atoms with Crippen molar-refractivity contribution in [3.63, 3.8) is 0 Å². The molecule has 1 amide bonds. The molecular formula is C24H27F3N2O3S. The number of nitrogens with zero attached hydrogens (tertiary/aromatic N) is 1. The Kier molecular flexibility index (Phi) is 6.55. The van der Waals surface area contributed by atoms with Gasteiger partial charge in [-0.1, -0.05) is 30.3 Å². The average Bonchev–Trinajstić information content (AvgIpc) is 2.77. The molecule has 4 rings (SSSR count). The van der Waals surface area contributed by atoms with Gasteiger partial charge in [-0.3, -0.25) is 4.79 Å². The molecule has 2 aromatic carbocycles. The van der Waals surface area contributed by atoms with E-state index in [0.29, 0.717) is 18.9 Å². The summed E-state index contributed by atoms with van der Waals surface area (Å²) in [7, 11) is -4.23. The molecule has 3 atom stereocenters. The number of nitrogens with two attached hydrogens (primary N) is 1. The van der Waals surface area contributed by atoms with Crippen molar-refractivity contribution in [2.75, 3.05) is 6.54 Å². The molecule has 2 aromatic rings. The van der Waals surface area contributed by atoms with Crippen LogP contribution in [-0.2, 0) is 27.4 Å². The molecule has 2 unspecified atom stereocenters. The molecule has 0 aromatic heterocycles. The van der Waals surface area contributed by atoms with Gasteiger partial charge in [0.15, 0.2) is 0 Å². The zero-order valence-corrected chi connectivity index (χ0v) is 18.9. The maximum atomic E-state index is 13.3. The molecule has 0 saturated carbocycles. The molecule has 0 spiro atoms. The summed E-state index contributed by atoms with van der Waals surface area (Å²) in [5.74, 6) is -0.193. The molecule has 1 saturated heterocycles. The Bertz CT molecular complexity index is 1130. The van der Waals surface area contributed by atoms with E-state index in [9.17, 15) is 26.4 Å². The standard InChI is InChI=1S/C24H27F3N2O3S/c25-24(26,27)18-7-4-8-20(14-18)33(31,32)29-12-11-17(13-19(29)15-23(28)30)22-10-3-6-16-5-1-2-9-21(16)22/h1-2,4-5,7-9,14,17,19,22H,3,6,10-13,15H2,(H2,28,30)/t17?,19-,22?/m0/s1. The van der Waals surface area contributed by atoms with Crippen molar-refractivity contribution in [1.82, 2.24) is 4.31 Å². The lowest BCUT2D eigenvalue weighted by Gasteiger charge is -2.42. The second-order valence-corrected chi connectivity index (χ2v) is 10.8. The third-order valence-corrected chi connectivity index (χ3v) is 8.84. The van der Waals surface area contributed by atoms with Crippen LogP contribution < -0.4 is 5.73 Å². The van der Waals surface area contributed by atoms with Gasteiger partial charge < -0.3 is 5.73 Å².